The molecule has 0 aliphatic carbocycles. The van der Waals surface area contributed by atoms with Crippen molar-refractivity contribution in [1.82, 2.24) is 5.32 Å². The Balaban J connectivity index is 1.84. The maximum absolute atomic E-state index is 13.2. The highest BCUT2D eigenvalue weighted by atomic mass is 16.5. The second kappa shape index (κ2) is 9.30. The maximum Gasteiger partial charge on any atom is 0.316 e. The van der Waals surface area contributed by atoms with Crippen LogP contribution in [0.15, 0.2) is 48.5 Å². The molecule has 4 amide bonds. The summed E-state index contributed by atoms with van der Waals surface area (Å²) in [4.78, 5) is 38.5. The van der Waals surface area contributed by atoms with Crippen LogP contribution in [-0.2, 0) is 4.79 Å². The lowest BCUT2D eigenvalue weighted by molar-refractivity contribution is -0.128. The highest BCUT2D eigenvalue weighted by Crippen LogP contribution is 2.34. The van der Waals surface area contributed by atoms with Gasteiger partial charge in [-0.05, 0) is 49.2 Å². The number of hydrogen-bond acceptors (Lipinski definition) is 4. The molecule has 1 aliphatic rings. The first kappa shape index (κ1) is 21.2. The number of primary amides is 1. The molecule has 0 spiro atoms. The number of nitrogens with two attached hydrogens (primary N) is 1. The normalized spacial score (nSPS) is 15.2. The number of anilines is 2. The Labute approximate surface area is 175 Å². The van der Waals surface area contributed by atoms with E-state index in [4.69, 9.17) is 10.5 Å². The van der Waals surface area contributed by atoms with Crippen molar-refractivity contribution in [2.24, 2.45) is 5.73 Å². The molecule has 2 aromatic carbocycles. The van der Waals surface area contributed by atoms with Gasteiger partial charge in [0.25, 0.3) is 11.8 Å². The van der Waals surface area contributed by atoms with Crippen LogP contribution < -0.4 is 26.0 Å². The van der Waals surface area contributed by atoms with Crippen LogP contribution in [0.25, 0.3) is 0 Å². The average Bonchev–Trinajstić information content (AvgIpc) is 2.76. The van der Waals surface area contributed by atoms with Crippen molar-refractivity contribution in [3.8, 4) is 5.75 Å². The van der Waals surface area contributed by atoms with Crippen molar-refractivity contribution in [3.63, 3.8) is 0 Å². The molecule has 0 radical (unpaired) electrons. The van der Waals surface area contributed by atoms with Crippen LogP contribution in [0.5, 0.6) is 5.75 Å². The zero-order valence-corrected chi connectivity index (χ0v) is 17.1. The summed E-state index contributed by atoms with van der Waals surface area (Å²) >= 11 is 0. The SMILES string of the molecule is CCC(CC)NC(=O)C1CN(C(=O)c2ccc(NC(N)=O)cc2)c2ccccc2O1. The molecule has 4 N–H and O–H groups in total. The van der Waals surface area contributed by atoms with E-state index in [1.165, 1.54) is 0 Å². The van der Waals surface area contributed by atoms with Crippen LogP contribution in [0.2, 0.25) is 0 Å². The third kappa shape index (κ3) is 4.71. The van der Waals surface area contributed by atoms with E-state index in [9.17, 15) is 14.4 Å². The number of benzene rings is 2. The van der Waals surface area contributed by atoms with Gasteiger partial charge in [-0.1, -0.05) is 26.0 Å². The van der Waals surface area contributed by atoms with E-state index < -0.39 is 12.1 Å². The number of ether oxygens (including phenoxy) is 1. The van der Waals surface area contributed by atoms with Crippen LogP contribution in [0.3, 0.4) is 0 Å². The molecule has 3 rings (SSSR count). The summed E-state index contributed by atoms with van der Waals surface area (Å²) in [5.41, 5.74) is 6.63. The number of carbonyl (C=O) groups is 3. The first-order valence-electron chi connectivity index (χ1n) is 9.97. The van der Waals surface area contributed by atoms with Gasteiger partial charge >= 0.3 is 6.03 Å². The third-order valence-corrected chi connectivity index (χ3v) is 5.04. The van der Waals surface area contributed by atoms with Crippen molar-refractivity contribution in [2.45, 2.75) is 38.8 Å². The van der Waals surface area contributed by atoms with E-state index >= 15 is 0 Å². The molecule has 0 saturated carbocycles. The summed E-state index contributed by atoms with van der Waals surface area (Å²) in [6.07, 6.45) is 0.833. The number of nitrogens with one attached hydrogen (secondary N) is 2. The average molecular weight is 410 g/mol. The molecule has 1 heterocycles. The van der Waals surface area contributed by atoms with Gasteiger partial charge in [-0.15, -0.1) is 0 Å². The number of para-hydroxylation sites is 2. The topological polar surface area (TPSA) is 114 Å². The van der Waals surface area contributed by atoms with E-state index in [1.807, 2.05) is 19.9 Å². The molecule has 30 heavy (non-hydrogen) atoms. The van der Waals surface area contributed by atoms with Gasteiger partial charge < -0.3 is 26.0 Å². The fourth-order valence-corrected chi connectivity index (χ4v) is 3.34. The van der Waals surface area contributed by atoms with Gasteiger partial charge in [0.1, 0.15) is 5.75 Å². The largest absolute Gasteiger partial charge is 0.477 e. The van der Waals surface area contributed by atoms with Crippen LogP contribution in [0.4, 0.5) is 16.2 Å². The van der Waals surface area contributed by atoms with E-state index in [2.05, 4.69) is 10.6 Å². The number of nitrogens with zero attached hydrogens (tertiary/aromatic N) is 1. The van der Waals surface area contributed by atoms with Gasteiger partial charge in [0.15, 0.2) is 6.10 Å². The number of amides is 4. The zero-order chi connectivity index (χ0) is 21.7. The van der Waals surface area contributed by atoms with Crippen LogP contribution >= 0.6 is 0 Å². The third-order valence-electron chi connectivity index (χ3n) is 5.04. The Bertz CT molecular complexity index is 925. The monoisotopic (exact) mass is 410 g/mol. The molecule has 8 nitrogen and oxygen atoms in total. The predicted molar refractivity (Wildman–Crippen MR) is 115 cm³/mol. The lowest BCUT2D eigenvalue weighted by atomic mass is 10.1. The summed E-state index contributed by atoms with van der Waals surface area (Å²) in [6, 6.07) is 12.9. The highest BCUT2D eigenvalue weighted by Gasteiger charge is 2.34. The van der Waals surface area contributed by atoms with Crippen molar-refractivity contribution in [3.05, 3.63) is 54.1 Å². The molecular weight excluding hydrogens is 384 g/mol. The Kier molecular flexibility index (Phi) is 6.56. The zero-order valence-electron chi connectivity index (χ0n) is 17.1. The second-order valence-electron chi connectivity index (χ2n) is 7.08. The van der Waals surface area contributed by atoms with E-state index in [1.54, 1.807) is 47.4 Å². The maximum atomic E-state index is 13.2. The summed E-state index contributed by atoms with van der Waals surface area (Å²) in [5.74, 6) is -0.0254. The first-order chi connectivity index (χ1) is 14.4. The molecule has 0 aromatic heterocycles. The van der Waals surface area contributed by atoms with Gasteiger partial charge in [0, 0.05) is 17.3 Å². The van der Waals surface area contributed by atoms with Gasteiger partial charge in [-0.3, -0.25) is 9.59 Å². The summed E-state index contributed by atoms with van der Waals surface area (Å²) in [6.45, 7) is 4.12. The fraction of sp³-hybridized carbons (Fsp3) is 0.318. The Morgan fingerprint density at radius 2 is 1.77 bits per heavy atom. The number of rotatable bonds is 6. The lowest BCUT2D eigenvalue weighted by Crippen LogP contribution is -2.52. The van der Waals surface area contributed by atoms with Gasteiger partial charge in [-0.25, -0.2) is 4.79 Å². The molecule has 8 heteroatoms. The van der Waals surface area contributed by atoms with E-state index in [0.29, 0.717) is 22.7 Å². The standard InChI is InChI=1S/C22H26N4O4/c1-3-15(4-2)24-20(27)19-13-26(17-7-5-6-8-18(17)30-19)21(28)14-9-11-16(12-10-14)25-22(23)29/h5-12,15,19H,3-4,13H2,1-2H3,(H,24,27)(H3,23,25,29). The van der Waals surface area contributed by atoms with E-state index in [-0.39, 0.29) is 24.4 Å². The molecule has 2 aromatic rings. The summed E-state index contributed by atoms with van der Waals surface area (Å²) < 4.78 is 5.90. The number of carbonyl (C=O) groups excluding carboxylic acids is 3. The summed E-state index contributed by atoms with van der Waals surface area (Å²) in [5, 5.41) is 5.45. The van der Waals surface area contributed by atoms with Crippen molar-refractivity contribution in [1.29, 1.82) is 0 Å². The Hall–Kier alpha value is -3.55. The quantitative estimate of drug-likeness (QED) is 0.679. The van der Waals surface area contributed by atoms with Crippen LogP contribution in [0, 0.1) is 0 Å². The highest BCUT2D eigenvalue weighted by molar-refractivity contribution is 6.08. The van der Waals surface area contributed by atoms with Crippen molar-refractivity contribution in [2.75, 3.05) is 16.8 Å². The molecule has 1 atom stereocenters. The van der Waals surface area contributed by atoms with Crippen molar-refractivity contribution < 1.29 is 19.1 Å². The minimum atomic E-state index is -0.805. The Morgan fingerprint density at radius 1 is 1.10 bits per heavy atom. The van der Waals surface area contributed by atoms with Crippen LogP contribution in [-0.4, -0.2) is 36.5 Å². The molecular formula is C22H26N4O4. The number of hydrogen-bond donors (Lipinski definition) is 3. The van der Waals surface area contributed by atoms with Gasteiger partial charge in [-0.2, -0.15) is 0 Å². The first-order valence-corrected chi connectivity index (χ1v) is 9.97. The van der Waals surface area contributed by atoms with Gasteiger partial charge in [0.05, 0.1) is 12.2 Å². The van der Waals surface area contributed by atoms with Gasteiger partial charge in [0.2, 0.25) is 0 Å². The van der Waals surface area contributed by atoms with E-state index in [0.717, 1.165) is 12.8 Å². The molecule has 158 valence electrons. The number of urea groups is 1. The second-order valence-corrected chi connectivity index (χ2v) is 7.08. The molecule has 0 fully saturated rings. The van der Waals surface area contributed by atoms with Crippen LogP contribution in [0.1, 0.15) is 37.0 Å². The minimum Gasteiger partial charge on any atom is -0.477 e. The predicted octanol–water partition coefficient (Wildman–Crippen LogP) is 2.89. The molecule has 0 saturated heterocycles. The minimum absolute atomic E-state index is 0.0627. The molecule has 1 unspecified atom stereocenters. The lowest BCUT2D eigenvalue weighted by Gasteiger charge is -2.34. The molecule has 0 bridgehead atoms. The van der Waals surface area contributed by atoms with Crippen molar-refractivity contribution >= 4 is 29.2 Å². The molecule has 1 aliphatic heterocycles. The Morgan fingerprint density at radius 3 is 2.40 bits per heavy atom. The fourth-order valence-electron chi connectivity index (χ4n) is 3.34. The summed E-state index contributed by atoms with van der Waals surface area (Å²) in [7, 11) is 0. The number of fused-ring (bicyclic) bond motifs is 1. The smallest absolute Gasteiger partial charge is 0.316 e.